The minimum absolute atomic E-state index is 0.0899. The maximum Gasteiger partial charge on any atom is 0.0682 e. The fraction of sp³-hybridized carbons (Fsp3) is 0.167. The second kappa shape index (κ2) is 4.55. The first-order chi connectivity index (χ1) is 7.33. The van der Waals surface area contributed by atoms with Crippen LogP contribution < -0.4 is 5.32 Å². The van der Waals surface area contributed by atoms with Crippen LogP contribution in [0.25, 0.3) is 10.8 Å². The summed E-state index contributed by atoms with van der Waals surface area (Å²) in [6.07, 6.45) is 0. The van der Waals surface area contributed by atoms with Gasteiger partial charge in [-0.25, -0.2) is 0 Å². The Morgan fingerprint density at radius 1 is 1.07 bits per heavy atom. The van der Waals surface area contributed by atoms with Crippen molar-refractivity contribution in [1.29, 1.82) is 0 Å². The van der Waals surface area contributed by atoms with Gasteiger partial charge in [-0.2, -0.15) is 12.6 Å². The van der Waals surface area contributed by atoms with Gasteiger partial charge in [0.25, 0.3) is 0 Å². The zero-order valence-corrected chi connectivity index (χ0v) is 9.17. The Hall–Kier alpha value is -1.19. The lowest BCUT2D eigenvalue weighted by Crippen LogP contribution is -1.93. The highest BCUT2D eigenvalue weighted by molar-refractivity contribution is 7.80. The number of hydrogen-bond acceptors (Lipinski definition) is 3. The smallest absolute Gasteiger partial charge is 0.0682 e. The summed E-state index contributed by atoms with van der Waals surface area (Å²) in [5.41, 5.74) is 2.01. The van der Waals surface area contributed by atoms with Crippen molar-refractivity contribution in [2.24, 2.45) is 0 Å². The minimum Gasteiger partial charge on any atom is -0.392 e. The van der Waals surface area contributed by atoms with Crippen LogP contribution in [0, 0.1) is 0 Å². The number of rotatable bonds is 3. The van der Waals surface area contributed by atoms with Gasteiger partial charge in [-0.15, -0.1) is 0 Å². The van der Waals surface area contributed by atoms with Crippen molar-refractivity contribution in [2.45, 2.75) is 6.61 Å². The summed E-state index contributed by atoms with van der Waals surface area (Å²) in [6.45, 7) is 0.0899. The molecule has 0 fully saturated rings. The summed E-state index contributed by atoms with van der Waals surface area (Å²) in [5.74, 6) is 0.625. The average Bonchev–Trinajstić information content (AvgIpc) is 2.29. The van der Waals surface area contributed by atoms with Crippen LogP contribution in [0.2, 0.25) is 0 Å². The van der Waals surface area contributed by atoms with Gasteiger partial charge >= 0.3 is 0 Å². The molecule has 0 saturated carbocycles. The second-order valence-electron chi connectivity index (χ2n) is 3.39. The molecule has 0 unspecified atom stereocenters. The zero-order valence-electron chi connectivity index (χ0n) is 8.27. The fourth-order valence-corrected chi connectivity index (χ4v) is 1.78. The lowest BCUT2D eigenvalue weighted by Gasteiger charge is -2.05. The van der Waals surface area contributed by atoms with E-state index in [1.54, 1.807) is 0 Å². The van der Waals surface area contributed by atoms with Crippen LogP contribution in [0.15, 0.2) is 36.4 Å². The maximum absolute atomic E-state index is 9.01. The largest absolute Gasteiger partial charge is 0.392 e. The van der Waals surface area contributed by atoms with Gasteiger partial charge in [-0.05, 0) is 34.5 Å². The Kier molecular flexibility index (Phi) is 3.14. The van der Waals surface area contributed by atoms with Crippen LogP contribution >= 0.6 is 12.6 Å². The highest BCUT2D eigenvalue weighted by Crippen LogP contribution is 2.20. The van der Waals surface area contributed by atoms with E-state index in [0.717, 1.165) is 16.6 Å². The van der Waals surface area contributed by atoms with Crippen molar-refractivity contribution in [1.82, 2.24) is 0 Å². The van der Waals surface area contributed by atoms with E-state index in [1.807, 2.05) is 30.3 Å². The number of fused-ring (bicyclic) bond motifs is 1. The van der Waals surface area contributed by atoms with Crippen LogP contribution in [0.3, 0.4) is 0 Å². The van der Waals surface area contributed by atoms with Gasteiger partial charge in [0.1, 0.15) is 0 Å². The monoisotopic (exact) mass is 219 g/mol. The van der Waals surface area contributed by atoms with Crippen molar-refractivity contribution >= 4 is 29.1 Å². The Balaban J connectivity index is 2.45. The third kappa shape index (κ3) is 2.25. The van der Waals surface area contributed by atoms with Crippen LogP contribution in [0.1, 0.15) is 5.56 Å². The molecule has 78 valence electrons. The summed E-state index contributed by atoms with van der Waals surface area (Å²) in [7, 11) is 0. The van der Waals surface area contributed by atoms with Gasteiger partial charge < -0.3 is 10.4 Å². The van der Waals surface area contributed by atoms with Gasteiger partial charge in [0, 0.05) is 5.69 Å². The molecule has 0 aliphatic heterocycles. The molecule has 0 heterocycles. The van der Waals surface area contributed by atoms with Crippen LogP contribution in [-0.2, 0) is 6.61 Å². The summed E-state index contributed by atoms with van der Waals surface area (Å²) in [5, 5.41) is 14.5. The molecule has 3 heteroatoms. The molecular formula is C12H13NOS. The molecular weight excluding hydrogens is 206 g/mol. The number of nitrogens with one attached hydrogen (secondary N) is 1. The van der Waals surface area contributed by atoms with E-state index in [-0.39, 0.29) is 6.61 Å². The van der Waals surface area contributed by atoms with E-state index >= 15 is 0 Å². The van der Waals surface area contributed by atoms with Gasteiger partial charge in [0.05, 0.1) is 12.5 Å². The predicted molar refractivity (Wildman–Crippen MR) is 67.3 cm³/mol. The SMILES string of the molecule is OCc1ccc2cc(NCS)ccc2c1. The molecule has 0 aromatic heterocycles. The van der Waals surface area contributed by atoms with E-state index in [0.29, 0.717) is 5.88 Å². The standard InChI is InChI=1S/C12H13NOS/c14-7-9-1-2-11-6-12(13-8-15)4-3-10(11)5-9/h1-6,13-15H,7-8H2. The first-order valence-corrected chi connectivity index (χ1v) is 5.45. The second-order valence-corrected chi connectivity index (χ2v) is 3.71. The molecule has 0 radical (unpaired) electrons. The number of aliphatic hydroxyl groups excluding tert-OH is 1. The molecule has 0 atom stereocenters. The Morgan fingerprint density at radius 3 is 2.53 bits per heavy atom. The van der Waals surface area contributed by atoms with Gasteiger partial charge in [0.15, 0.2) is 0 Å². The van der Waals surface area contributed by atoms with Crippen molar-refractivity contribution in [3.8, 4) is 0 Å². The summed E-state index contributed by atoms with van der Waals surface area (Å²) in [6, 6.07) is 12.1. The molecule has 2 aromatic rings. The molecule has 2 N–H and O–H groups in total. The topological polar surface area (TPSA) is 32.3 Å². The summed E-state index contributed by atoms with van der Waals surface area (Å²) >= 11 is 4.11. The average molecular weight is 219 g/mol. The van der Waals surface area contributed by atoms with Crippen LogP contribution in [0.4, 0.5) is 5.69 Å². The number of anilines is 1. The van der Waals surface area contributed by atoms with Crippen molar-refractivity contribution in [3.05, 3.63) is 42.0 Å². The van der Waals surface area contributed by atoms with Crippen LogP contribution in [-0.4, -0.2) is 11.0 Å². The Labute approximate surface area is 94.3 Å². The van der Waals surface area contributed by atoms with E-state index in [4.69, 9.17) is 5.11 Å². The third-order valence-corrected chi connectivity index (χ3v) is 2.53. The van der Waals surface area contributed by atoms with Crippen LogP contribution in [0.5, 0.6) is 0 Å². The molecule has 0 amide bonds. The Bertz CT molecular complexity index is 470. The molecule has 0 aliphatic rings. The normalized spacial score (nSPS) is 10.5. The summed E-state index contributed by atoms with van der Waals surface area (Å²) < 4.78 is 0. The molecule has 15 heavy (non-hydrogen) atoms. The number of benzene rings is 2. The lowest BCUT2D eigenvalue weighted by molar-refractivity contribution is 0.282. The fourth-order valence-electron chi connectivity index (χ4n) is 1.59. The molecule has 2 nitrogen and oxygen atoms in total. The zero-order chi connectivity index (χ0) is 10.7. The van der Waals surface area contributed by atoms with E-state index in [9.17, 15) is 0 Å². The number of aliphatic hydroxyl groups is 1. The van der Waals surface area contributed by atoms with Crippen molar-refractivity contribution in [3.63, 3.8) is 0 Å². The van der Waals surface area contributed by atoms with Gasteiger partial charge in [0.2, 0.25) is 0 Å². The third-order valence-electron chi connectivity index (χ3n) is 2.37. The maximum atomic E-state index is 9.01. The van der Waals surface area contributed by atoms with E-state index in [2.05, 4.69) is 24.0 Å². The summed E-state index contributed by atoms with van der Waals surface area (Å²) in [4.78, 5) is 0. The minimum atomic E-state index is 0.0899. The van der Waals surface area contributed by atoms with Gasteiger partial charge in [-0.3, -0.25) is 0 Å². The highest BCUT2D eigenvalue weighted by atomic mass is 32.1. The number of hydrogen-bond donors (Lipinski definition) is 3. The Morgan fingerprint density at radius 2 is 1.80 bits per heavy atom. The number of thiol groups is 1. The first kappa shape index (κ1) is 10.3. The van der Waals surface area contributed by atoms with E-state index < -0.39 is 0 Å². The quantitative estimate of drug-likeness (QED) is 0.547. The van der Waals surface area contributed by atoms with Gasteiger partial charge in [-0.1, -0.05) is 18.2 Å². The molecule has 2 aromatic carbocycles. The van der Waals surface area contributed by atoms with E-state index in [1.165, 1.54) is 5.39 Å². The molecule has 0 spiro atoms. The molecule has 0 saturated heterocycles. The van der Waals surface area contributed by atoms with Crippen molar-refractivity contribution in [2.75, 3.05) is 11.2 Å². The molecule has 0 bridgehead atoms. The predicted octanol–water partition coefficient (Wildman–Crippen LogP) is 2.63. The van der Waals surface area contributed by atoms with Crippen molar-refractivity contribution < 1.29 is 5.11 Å². The molecule has 2 rings (SSSR count). The first-order valence-electron chi connectivity index (χ1n) is 4.82. The lowest BCUT2D eigenvalue weighted by atomic mass is 10.1. The highest BCUT2D eigenvalue weighted by Gasteiger charge is 1.97. The molecule has 0 aliphatic carbocycles.